The number of nitrogens with zero attached hydrogens (tertiary/aromatic N) is 1. The van der Waals surface area contributed by atoms with E-state index in [1.807, 2.05) is 48.5 Å². The van der Waals surface area contributed by atoms with Gasteiger partial charge in [-0.3, -0.25) is 43.5 Å². The van der Waals surface area contributed by atoms with Gasteiger partial charge < -0.3 is 37.1 Å². The van der Waals surface area contributed by atoms with E-state index in [0.29, 0.717) is 11.4 Å². The van der Waals surface area contributed by atoms with E-state index in [-0.39, 0.29) is 49.9 Å². The zero-order chi connectivity index (χ0) is 38.0. The Morgan fingerprint density at radius 2 is 1.22 bits per heavy atom. The van der Waals surface area contributed by atoms with Gasteiger partial charge in [0.15, 0.2) is 26.7 Å². The molecular weight excluding hydrogens is 732 g/mol. The molecule has 0 spiro atoms. The van der Waals surface area contributed by atoms with Gasteiger partial charge in [0.25, 0.3) is 5.56 Å². The highest BCUT2D eigenvalue weighted by Gasteiger charge is 2.35. The fraction of sp³-hybridized carbons (Fsp3) is 0.167. The smallest absolute Gasteiger partial charge is 0.264 e. The number of aromatic hydroxyl groups is 1. The fourth-order valence-electron chi connectivity index (χ4n) is 3.42. The molecule has 2 aromatic carbocycles. The first-order valence-corrected chi connectivity index (χ1v) is 15.4. The van der Waals surface area contributed by atoms with Crippen LogP contribution in [0.5, 0.6) is 5.88 Å². The van der Waals surface area contributed by atoms with Crippen LogP contribution in [0.4, 0.5) is 11.4 Å². The molecule has 5 rings (SSSR count). The number of benzene rings is 2. The molecular formula is C30H31ClN8O8S3. The Morgan fingerprint density at radius 3 is 1.60 bits per heavy atom. The van der Waals surface area contributed by atoms with E-state index in [2.05, 4.69) is 72.3 Å². The molecule has 3 heterocycles. The summed E-state index contributed by atoms with van der Waals surface area (Å²) >= 11 is 18.4. The van der Waals surface area contributed by atoms with Crippen LogP contribution in [0.25, 0.3) is 0 Å². The van der Waals surface area contributed by atoms with Crippen molar-refractivity contribution in [1.82, 2.24) is 31.2 Å². The van der Waals surface area contributed by atoms with Crippen LogP contribution in [0.3, 0.4) is 0 Å². The van der Waals surface area contributed by atoms with Crippen LogP contribution in [0, 0.1) is 10.7 Å². The lowest BCUT2D eigenvalue weighted by molar-refractivity contribution is -0.141. The Kier molecular flexibility index (Phi) is 18.3. The number of halogens is 1. The van der Waals surface area contributed by atoms with Gasteiger partial charge in [-0.15, -0.1) is 0 Å². The molecule has 2 aliphatic rings. The normalized spacial score (nSPS) is 13.7. The summed E-state index contributed by atoms with van der Waals surface area (Å²) in [7, 11) is 0. The van der Waals surface area contributed by atoms with Crippen LogP contribution in [-0.4, -0.2) is 65.7 Å². The van der Waals surface area contributed by atoms with Crippen molar-refractivity contribution in [2.24, 2.45) is 10.9 Å². The van der Waals surface area contributed by atoms with Gasteiger partial charge in [-0.05, 0) is 86.4 Å². The first-order valence-electron chi connectivity index (χ1n) is 13.8. The second kappa shape index (κ2) is 21.5. The fourth-order valence-corrected chi connectivity index (χ4v) is 4.04. The summed E-state index contributed by atoms with van der Waals surface area (Å²) in [5.41, 5.74) is 6.92. The van der Waals surface area contributed by atoms with Gasteiger partial charge >= 0.3 is 0 Å². The minimum atomic E-state index is -1.25. The molecule has 9 N–H and O–H groups in total. The summed E-state index contributed by atoms with van der Waals surface area (Å²) in [6.45, 7) is 4.12. The summed E-state index contributed by atoms with van der Waals surface area (Å²) in [6.07, 6.45) is -0.125. The Labute approximate surface area is 305 Å². The first kappa shape index (κ1) is 42.5. The van der Waals surface area contributed by atoms with Crippen LogP contribution in [0.2, 0.25) is 0 Å². The number of nitrogens with one attached hydrogen (secondary N) is 6. The lowest BCUT2D eigenvalue weighted by atomic mass is 10.0. The second-order valence-corrected chi connectivity index (χ2v) is 11.3. The molecule has 1 aromatic heterocycles. The highest BCUT2D eigenvalue weighted by Crippen LogP contribution is 2.15. The number of ketones is 1. The predicted molar refractivity (Wildman–Crippen MR) is 196 cm³/mol. The van der Waals surface area contributed by atoms with E-state index in [4.69, 9.17) is 18.0 Å². The lowest BCUT2D eigenvalue weighted by Gasteiger charge is -2.19. The summed E-state index contributed by atoms with van der Waals surface area (Å²) in [4.78, 5) is 83.6. The molecule has 50 heavy (non-hydrogen) atoms. The highest BCUT2D eigenvalue weighted by atomic mass is 35.5. The van der Waals surface area contributed by atoms with E-state index in [1.54, 1.807) is 19.1 Å². The molecule has 2 fully saturated rings. The molecule has 0 aliphatic carbocycles. The SMILES string of the molecule is CC(=Nc1ccccc1)c1c(O)[nH]c(=S)[nH]c1=O.CC(=O)C1C(=O)NC(=S)NC1=O.CC(=O)Cl.Nc1ccccc1.O=C1CC(=O)NC(=S)N1. The van der Waals surface area contributed by atoms with Gasteiger partial charge in [0, 0.05) is 12.6 Å². The number of aromatic nitrogens is 2. The third-order valence-electron chi connectivity index (χ3n) is 5.37. The molecule has 3 aromatic rings. The molecule has 16 nitrogen and oxygen atoms in total. The first-order chi connectivity index (χ1) is 23.4. The van der Waals surface area contributed by atoms with Gasteiger partial charge in [0.05, 0.1) is 11.4 Å². The number of hydrogen-bond donors (Lipinski definition) is 8. The Balaban J connectivity index is 0.000000339. The van der Waals surface area contributed by atoms with E-state index >= 15 is 0 Å². The number of carbonyl (C=O) groups excluding carboxylic acids is 6. The van der Waals surface area contributed by atoms with Gasteiger partial charge in [-0.2, -0.15) is 0 Å². The number of rotatable bonds is 3. The minimum absolute atomic E-state index is 0.0532. The molecule has 20 heteroatoms. The molecule has 2 saturated heterocycles. The number of H-pyrrole nitrogens is 2. The number of thiocarbonyl (C=S) groups is 2. The number of carbonyl (C=O) groups is 6. The molecule has 264 valence electrons. The van der Waals surface area contributed by atoms with Crippen molar-refractivity contribution in [2.45, 2.75) is 27.2 Å². The van der Waals surface area contributed by atoms with E-state index in [0.717, 1.165) is 5.69 Å². The number of anilines is 1. The number of hydrogen-bond acceptors (Lipinski definition) is 13. The summed E-state index contributed by atoms with van der Waals surface area (Å²) in [6, 6.07) is 18.7. The third kappa shape index (κ3) is 16.6. The maximum Gasteiger partial charge on any atom is 0.264 e. The Hall–Kier alpha value is -5.50. The highest BCUT2D eigenvalue weighted by molar-refractivity contribution is 7.80. The average molecular weight is 763 g/mol. The van der Waals surface area contributed by atoms with Crippen LogP contribution < -0.4 is 32.6 Å². The number of aliphatic imine (C=N–C) groups is 1. The maximum atomic E-state index is 11.7. The molecule has 2 aliphatic heterocycles. The molecule has 0 bridgehead atoms. The summed E-state index contributed by atoms with van der Waals surface area (Å²) in [5.74, 6) is -4.02. The zero-order valence-electron chi connectivity index (χ0n) is 26.5. The molecule has 0 atom stereocenters. The predicted octanol–water partition coefficient (Wildman–Crippen LogP) is 1.95. The number of amides is 4. The van der Waals surface area contributed by atoms with Crippen molar-refractivity contribution in [3.63, 3.8) is 0 Å². The quantitative estimate of drug-likeness (QED) is 0.0627. The topological polar surface area (TPSA) is 258 Å². The molecule has 4 amide bonds. The number of para-hydroxylation sites is 2. The van der Waals surface area contributed by atoms with Crippen LogP contribution >= 0.6 is 48.3 Å². The Bertz CT molecular complexity index is 1830. The largest absolute Gasteiger partial charge is 0.494 e. The van der Waals surface area contributed by atoms with Crippen molar-refractivity contribution < 1.29 is 33.9 Å². The number of Topliss-reactive ketones (excluding diaryl/α,β-unsaturated/α-hetero) is 1. The molecule has 0 unspecified atom stereocenters. The van der Waals surface area contributed by atoms with Gasteiger partial charge in [-0.25, -0.2) is 0 Å². The van der Waals surface area contributed by atoms with E-state index in [9.17, 15) is 38.7 Å². The van der Waals surface area contributed by atoms with Crippen LogP contribution in [0.1, 0.15) is 32.8 Å². The Morgan fingerprint density at radius 1 is 0.780 bits per heavy atom. The zero-order valence-corrected chi connectivity index (χ0v) is 29.7. The summed E-state index contributed by atoms with van der Waals surface area (Å²) < 4.78 is 0.0776. The van der Waals surface area contributed by atoms with Crippen molar-refractivity contribution >= 4 is 110 Å². The van der Waals surface area contributed by atoms with E-state index in [1.165, 1.54) is 13.8 Å². The standard InChI is InChI=1S/C12H11N3O2S.C6H6N2O3S.C6H7N.C4H4N2O2S.C2H3ClO/c1-7(13-8-5-3-2-4-6-8)9-10(16)14-12(18)15-11(9)17;1-2(9)3-4(10)7-6(12)8-5(3)11;7-6-4-2-1-3-5-6;7-2-1-3(8)6-4(9)5-2;1-2(3)4/h2-6H,1H3,(H3,14,15,16,17,18);3H,1H3,(H2,7,8,10,11,12);1-5H,7H2;1H2,(H2,5,6,7,8,9);1H3. The van der Waals surface area contributed by atoms with Gasteiger partial charge in [0.2, 0.25) is 34.8 Å². The van der Waals surface area contributed by atoms with Gasteiger partial charge in [0.1, 0.15) is 12.0 Å². The average Bonchev–Trinajstić information content (AvgIpc) is 2.97. The molecule has 0 radical (unpaired) electrons. The monoisotopic (exact) mass is 762 g/mol. The lowest BCUT2D eigenvalue weighted by Crippen LogP contribution is -2.57. The number of nitrogens with two attached hydrogens (primary N) is 1. The second-order valence-electron chi connectivity index (χ2n) is 9.50. The third-order valence-corrected chi connectivity index (χ3v) is 5.98. The van der Waals surface area contributed by atoms with Crippen LogP contribution in [0.15, 0.2) is 70.5 Å². The number of nitrogen functional groups attached to an aromatic ring is 1. The molecule has 0 saturated carbocycles. The van der Waals surface area contributed by atoms with Crippen molar-refractivity contribution in [3.8, 4) is 5.88 Å². The summed E-state index contributed by atoms with van der Waals surface area (Å²) in [5, 5.41) is 18.3. The van der Waals surface area contributed by atoms with Crippen molar-refractivity contribution in [2.75, 3.05) is 5.73 Å². The van der Waals surface area contributed by atoms with Crippen molar-refractivity contribution in [3.05, 3.63) is 81.4 Å². The van der Waals surface area contributed by atoms with Gasteiger partial charge in [-0.1, -0.05) is 36.4 Å². The van der Waals surface area contributed by atoms with Crippen molar-refractivity contribution in [1.29, 1.82) is 0 Å². The van der Waals surface area contributed by atoms with E-state index < -0.39 is 29.1 Å². The number of aromatic amines is 2. The minimum Gasteiger partial charge on any atom is -0.494 e. The van der Waals surface area contributed by atoms with Crippen LogP contribution in [-0.2, 0) is 28.8 Å². The maximum absolute atomic E-state index is 11.7.